The van der Waals surface area contributed by atoms with Crippen LogP contribution < -0.4 is 10.6 Å². The number of thioether (sulfide) groups is 1. The third-order valence-electron chi connectivity index (χ3n) is 4.42. The molecule has 10 heteroatoms. The zero-order chi connectivity index (χ0) is 22.1. The first-order valence-electron chi connectivity index (χ1n) is 9.31. The van der Waals surface area contributed by atoms with E-state index in [1.54, 1.807) is 51.1 Å². The number of hydrogen-bond acceptors (Lipinski definition) is 6. The number of benzene rings is 1. The van der Waals surface area contributed by atoms with E-state index in [0.717, 1.165) is 0 Å². The van der Waals surface area contributed by atoms with Crippen molar-refractivity contribution in [3.63, 3.8) is 0 Å². The maximum atomic E-state index is 13.0. The third kappa shape index (κ3) is 4.59. The molecular formula is C20H23N3O6S. The lowest BCUT2D eigenvalue weighted by molar-refractivity contribution is -0.150. The molecule has 0 radical (unpaired) electrons. The molecule has 1 saturated heterocycles. The number of hydrogen-bond donors (Lipinski definition) is 3. The van der Waals surface area contributed by atoms with Gasteiger partial charge in [-0.05, 0) is 32.4 Å². The van der Waals surface area contributed by atoms with Gasteiger partial charge in [-0.25, -0.2) is 9.59 Å². The molecule has 0 bridgehead atoms. The summed E-state index contributed by atoms with van der Waals surface area (Å²) >= 11 is 1.36. The zero-order valence-electron chi connectivity index (χ0n) is 16.7. The molecule has 0 saturated carbocycles. The van der Waals surface area contributed by atoms with Crippen molar-refractivity contribution in [3.05, 3.63) is 47.7 Å². The number of nitrogens with zero attached hydrogens (tertiary/aromatic N) is 1. The zero-order valence-corrected chi connectivity index (χ0v) is 17.6. The molecule has 1 aromatic rings. The second-order valence-electron chi connectivity index (χ2n) is 7.80. The monoisotopic (exact) mass is 433 g/mol. The first-order chi connectivity index (χ1) is 14.1. The van der Waals surface area contributed by atoms with Crippen LogP contribution in [-0.2, 0) is 19.1 Å². The lowest BCUT2D eigenvalue weighted by atomic mass is 10.0. The highest BCUT2D eigenvalue weighted by atomic mass is 32.2. The molecule has 2 aliphatic rings. The summed E-state index contributed by atoms with van der Waals surface area (Å²) in [4.78, 5) is 50.2. The van der Waals surface area contributed by atoms with Gasteiger partial charge in [0.05, 0.1) is 0 Å². The van der Waals surface area contributed by atoms with Crippen LogP contribution >= 0.6 is 11.8 Å². The number of carboxylic acids is 1. The minimum Gasteiger partial charge on any atom is -0.477 e. The normalized spacial score (nSPS) is 21.5. The maximum absolute atomic E-state index is 13.0. The lowest BCUT2D eigenvalue weighted by Crippen LogP contribution is -2.70. The van der Waals surface area contributed by atoms with E-state index in [9.17, 15) is 24.3 Å². The van der Waals surface area contributed by atoms with Crippen molar-refractivity contribution in [2.75, 3.05) is 5.75 Å². The van der Waals surface area contributed by atoms with Gasteiger partial charge in [-0.3, -0.25) is 14.5 Å². The second-order valence-corrected chi connectivity index (χ2v) is 8.95. The number of aliphatic carboxylic acids is 1. The van der Waals surface area contributed by atoms with E-state index in [1.165, 1.54) is 22.7 Å². The number of amides is 3. The number of ether oxygens (including phenoxy) is 1. The Hall–Kier alpha value is -3.01. The van der Waals surface area contributed by atoms with E-state index in [0.29, 0.717) is 11.3 Å². The maximum Gasteiger partial charge on any atom is 0.408 e. The summed E-state index contributed by atoms with van der Waals surface area (Å²) in [6, 6.07) is 6.63. The van der Waals surface area contributed by atoms with Gasteiger partial charge in [0.25, 0.3) is 5.91 Å². The topological polar surface area (TPSA) is 125 Å². The first-order valence-corrected chi connectivity index (χ1v) is 10.4. The molecule has 9 nitrogen and oxygen atoms in total. The van der Waals surface area contributed by atoms with Gasteiger partial charge in [0.1, 0.15) is 28.8 Å². The molecule has 0 spiro atoms. The van der Waals surface area contributed by atoms with Gasteiger partial charge >= 0.3 is 12.1 Å². The molecule has 1 fully saturated rings. The van der Waals surface area contributed by atoms with Crippen LogP contribution in [0.3, 0.4) is 0 Å². The Balaban J connectivity index is 1.74. The Bertz CT molecular complexity index is 896. The molecule has 3 N–H and O–H groups in total. The van der Waals surface area contributed by atoms with E-state index < -0.39 is 46.9 Å². The minimum atomic E-state index is -1.19. The van der Waals surface area contributed by atoms with Crippen molar-refractivity contribution >= 4 is 35.6 Å². The predicted molar refractivity (Wildman–Crippen MR) is 109 cm³/mol. The third-order valence-corrected chi connectivity index (χ3v) is 5.60. The summed E-state index contributed by atoms with van der Waals surface area (Å²) < 4.78 is 5.25. The van der Waals surface area contributed by atoms with Crippen LogP contribution in [0.25, 0.3) is 0 Å². The molecule has 2 aliphatic heterocycles. The summed E-state index contributed by atoms with van der Waals surface area (Å²) in [6.07, 6.45) is 0.701. The van der Waals surface area contributed by atoms with Crippen molar-refractivity contribution in [2.45, 2.75) is 43.8 Å². The summed E-state index contributed by atoms with van der Waals surface area (Å²) in [5.41, 5.74) is -0.308. The molecule has 3 rings (SSSR count). The number of fused-ring (bicyclic) bond motifs is 1. The van der Waals surface area contributed by atoms with Gasteiger partial charge in [0, 0.05) is 5.75 Å². The molecule has 0 aliphatic carbocycles. The van der Waals surface area contributed by atoms with Crippen molar-refractivity contribution < 1.29 is 29.0 Å². The van der Waals surface area contributed by atoms with E-state index in [4.69, 9.17) is 4.74 Å². The molecular weight excluding hydrogens is 410 g/mol. The van der Waals surface area contributed by atoms with Crippen LogP contribution in [0.1, 0.15) is 32.4 Å². The number of carboxylic acid groups (broad SMARTS) is 1. The van der Waals surface area contributed by atoms with Crippen molar-refractivity contribution in [1.29, 1.82) is 0 Å². The largest absolute Gasteiger partial charge is 0.477 e. The smallest absolute Gasteiger partial charge is 0.408 e. The molecule has 2 unspecified atom stereocenters. The fraction of sp³-hybridized carbons (Fsp3) is 0.400. The Morgan fingerprint density at radius 1 is 1.23 bits per heavy atom. The predicted octanol–water partition coefficient (Wildman–Crippen LogP) is 1.62. The van der Waals surface area contributed by atoms with E-state index >= 15 is 0 Å². The molecule has 160 valence electrons. The number of rotatable bonds is 5. The number of carbonyl (C=O) groups is 4. The van der Waals surface area contributed by atoms with Crippen molar-refractivity contribution in [3.8, 4) is 0 Å². The number of nitrogens with one attached hydrogen (secondary N) is 2. The Morgan fingerprint density at radius 3 is 2.50 bits per heavy atom. The van der Waals surface area contributed by atoms with Gasteiger partial charge in [0.15, 0.2) is 0 Å². The van der Waals surface area contributed by atoms with Crippen LogP contribution in [0.4, 0.5) is 4.79 Å². The minimum absolute atomic E-state index is 0.0826. The van der Waals surface area contributed by atoms with Gasteiger partial charge in [-0.15, -0.1) is 11.8 Å². The van der Waals surface area contributed by atoms with Crippen LogP contribution in [0, 0.1) is 0 Å². The first kappa shape index (κ1) is 21.7. The van der Waals surface area contributed by atoms with E-state index in [2.05, 4.69) is 10.6 Å². The molecule has 3 amide bonds. The van der Waals surface area contributed by atoms with E-state index in [1.807, 2.05) is 0 Å². The molecule has 3 atom stereocenters. The van der Waals surface area contributed by atoms with E-state index in [-0.39, 0.29) is 5.70 Å². The Morgan fingerprint density at radius 2 is 1.90 bits per heavy atom. The SMILES string of the molecule is CC(C)(C)OC(=O)NC(C(=O)NC1C(=O)N2C(C(=O)O)=CCS[C@@H]12)c1ccccc1. The fourth-order valence-electron chi connectivity index (χ4n) is 3.15. The highest BCUT2D eigenvalue weighted by Gasteiger charge is 2.53. The van der Waals surface area contributed by atoms with Crippen molar-refractivity contribution in [2.24, 2.45) is 0 Å². The van der Waals surface area contributed by atoms with Crippen LogP contribution in [0.15, 0.2) is 42.1 Å². The average Bonchev–Trinajstić information content (AvgIpc) is 2.68. The summed E-state index contributed by atoms with van der Waals surface area (Å²) in [5.74, 6) is -1.86. The average molecular weight is 433 g/mol. The van der Waals surface area contributed by atoms with Gasteiger partial charge in [-0.2, -0.15) is 0 Å². The quantitative estimate of drug-likeness (QED) is 0.603. The van der Waals surface area contributed by atoms with Crippen molar-refractivity contribution in [1.82, 2.24) is 15.5 Å². The molecule has 1 aromatic carbocycles. The lowest BCUT2D eigenvalue weighted by Gasteiger charge is -2.48. The fourth-order valence-corrected chi connectivity index (χ4v) is 4.34. The summed E-state index contributed by atoms with van der Waals surface area (Å²) in [6.45, 7) is 5.12. The number of alkyl carbamates (subject to hydrolysis) is 1. The van der Waals surface area contributed by atoms with Gasteiger partial charge < -0.3 is 20.5 Å². The Kier molecular flexibility index (Phi) is 6.06. The van der Waals surface area contributed by atoms with Gasteiger partial charge in [0.2, 0.25) is 5.91 Å². The van der Waals surface area contributed by atoms with Crippen LogP contribution in [-0.4, -0.2) is 56.7 Å². The van der Waals surface area contributed by atoms with Crippen LogP contribution in [0.5, 0.6) is 0 Å². The summed E-state index contributed by atoms with van der Waals surface area (Å²) in [7, 11) is 0. The number of carbonyl (C=O) groups excluding carboxylic acids is 3. The summed E-state index contributed by atoms with van der Waals surface area (Å²) in [5, 5.41) is 13.9. The van der Waals surface area contributed by atoms with Gasteiger partial charge in [-0.1, -0.05) is 30.3 Å². The van der Waals surface area contributed by atoms with Crippen LogP contribution in [0.2, 0.25) is 0 Å². The number of β-lactam (4-membered cyclic amide) rings is 1. The molecule has 0 aromatic heterocycles. The molecule has 30 heavy (non-hydrogen) atoms. The highest BCUT2D eigenvalue weighted by Crippen LogP contribution is 2.37. The highest BCUT2D eigenvalue weighted by molar-refractivity contribution is 8.00. The molecule has 2 heterocycles. The Labute approximate surface area is 177 Å². The second kappa shape index (κ2) is 8.39. The standard InChI is InChI=1S/C20H23N3O6S/c1-20(2,3)29-19(28)22-13(11-7-5-4-6-8-11)15(24)21-14-16(25)23-12(18(26)27)9-10-30-17(14)23/h4-9,13-14,17H,10H2,1-3H3,(H,21,24)(H,22,28)(H,26,27)/t13?,14?,17-/m0/s1.